The minimum absolute atomic E-state index is 0.0895. The molecule has 17 heavy (non-hydrogen) atoms. The van der Waals surface area contributed by atoms with Crippen LogP contribution in [-0.2, 0) is 4.79 Å². The second-order valence-electron chi connectivity index (χ2n) is 5.54. The number of amides is 1. The van der Waals surface area contributed by atoms with Gasteiger partial charge in [-0.25, -0.2) is 0 Å². The molecule has 1 aliphatic heterocycles. The number of rotatable bonds is 1. The first kappa shape index (κ1) is 10.8. The normalized spacial score (nSPS) is 26.4. The summed E-state index contributed by atoms with van der Waals surface area (Å²) in [5.41, 5.74) is 2.54. The largest absolute Gasteiger partial charge is 0.355 e. The molecule has 0 aromatic heterocycles. The molecule has 3 rings (SSSR count). The summed E-state index contributed by atoms with van der Waals surface area (Å²) in [5.74, 6) is 0.680. The standard InChI is InChI=1S/C15H19NO/c1-11-5-4-6-12(9-11)13-10-16-14(17)15(13)7-2-3-8-15/h4-6,9,13H,2-3,7-8,10H2,1H3,(H,16,17)/t13-/m0/s1. The van der Waals surface area contributed by atoms with E-state index >= 15 is 0 Å². The molecule has 1 spiro atoms. The fourth-order valence-electron chi connectivity index (χ4n) is 3.63. The molecule has 2 aliphatic rings. The molecule has 1 heterocycles. The maximum Gasteiger partial charge on any atom is 0.226 e. The van der Waals surface area contributed by atoms with Crippen LogP contribution >= 0.6 is 0 Å². The summed E-state index contributed by atoms with van der Waals surface area (Å²) in [6.45, 7) is 2.94. The van der Waals surface area contributed by atoms with Crippen LogP contribution < -0.4 is 5.32 Å². The molecular weight excluding hydrogens is 210 g/mol. The third kappa shape index (κ3) is 1.58. The molecule has 1 N–H and O–H groups in total. The van der Waals surface area contributed by atoms with Crippen LogP contribution in [0.5, 0.6) is 0 Å². The Kier molecular flexibility index (Phi) is 2.46. The second kappa shape index (κ2) is 3.86. The minimum Gasteiger partial charge on any atom is -0.355 e. The maximum atomic E-state index is 12.2. The van der Waals surface area contributed by atoms with Gasteiger partial charge in [0, 0.05) is 12.5 Å². The van der Waals surface area contributed by atoms with Crippen molar-refractivity contribution in [1.82, 2.24) is 5.32 Å². The molecule has 1 aromatic carbocycles. The summed E-state index contributed by atoms with van der Waals surface area (Å²) in [7, 11) is 0. The van der Waals surface area contributed by atoms with Crippen LogP contribution in [0.15, 0.2) is 24.3 Å². The van der Waals surface area contributed by atoms with E-state index < -0.39 is 0 Å². The van der Waals surface area contributed by atoms with Crippen LogP contribution in [0.3, 0.4) is 0 Å². The highest BCUT2D eigenvalue weighted by Crippen LogP contribution is 2.51. The van der Waals surface area contributed by atoms with Gasteiger partial charge in [-0.05, 0) is 25.3 Å². The van der Waals surface area contributed by atoms with Crippen molar-refractivity contribution >= 4 is 5.91 Å². The zero-order valence-electron chi connectivity index (χ0n) is 10.3. The molecule has 0 unspecified atom stereocenters. The maximum absolute atomic E-state index is 12.2. The zero-order valence-corrected chi connectivity index (χ0v) is 10.3. The minimum atomic E-state index is -0.0895. The van der Waals surface area contributed by atoms with Crippen molar-refractivity contribution in [3.63, 3.8) is 0 Å². The molecule has 1 aliphatic carbocycles. The average molecular weight is 229 g/mol. The first-order valence-corrected chi connectivity index (χ1v) is 6.57. The molecule has 1 atom stereocenters. The Morgan fingerprint density at radius 2 is 2.06 bits per heavy atom. The Morgan fingerprint density at radius 3 is 2.76 bits per heavy atom. The summed E-state index contributed by atoms with van der Waals surface area (Å²) in [6.07, 6.45) is 4.54. The molecule has 0 radical (unpaired) electrons. The number of nitrogens with one attached hydrogen (secondary N) is 1. The molecule has 2 nitrogen and oxygen atoms in total. The molecule has 90 valence electrons. The third-order valence-electron chi connectivity index (χ3n) is 4.53. The van der Waals surface area contributed by atoms with E-state index in [0.29, 0.717) is 11.8 Å². The van der Waals surface area contributed by atoms with Crippen molar-refractivity contribution in [2.75, 3.05) is 6.54 Å². The van der Waals surface area contributed by atoms with Gasteiger partial charge in [-0.1, -0.05) is 42.7 Å². The lowest BCUT2D eigenvalue weighted by molar-refractivity contribution is -0.127. The second-order valence-corrected chi connectivity index (χ2v) is 5.54. The van der Waals surface area contributed by atoms with Crippen molar-refractivity contribution < 1.29 is 4.79 Å². The van der Waals surface area contributed by atoms with Gasteiger partial charge < -0.3 is 5.32 Å². The first-order valence-electron chi connectivity index (χ1n) is 6.57. The molecular formula is C15H19NO. The number of carbonyl (C=O) groups is 1. The predicted molar refractivity (Wildman–Crippen MR) is 67.8 cm³/mol. The Balaban J connectivity index is 2.00. The fourth-order valence-corrected chi connectivity index (χ4v) is 3.63. The molecule has 2 fully saturated rings. The lowest BCUT2D eigenvalue weighted by Crippen LogP contribution is -2.31. The van der Waals surface area contributed by atoms with Gasteiger partial charge >= 0.3 is 0 Å². The van der Waals surface area contributed by atoms with Gasteiger partial charge in [-0.15, -0.1) is 0 Å². The Morgan fingerprint density at radius 1 is 1.29 bits per heavy atom. The first-order chi connectivity index (χ1) is 8.22. The number of hydrogen-bond donors (Lipinski definition) is 1. The van der Waals surface area contributed by atoms with Gasteiger partial charge in [-0.2, -0.15) is 0 Å². The van der Waals surface area contributed by atoms with Gasteiger partial charge in [0.15, 0.2) is 0 Å². The van der Waals surface area contributed by atoms with Crippen LogP contribution in [0.4, 0.5) is 0 Å². The molecule has 1 saturated heterocycles. The van der Waals surface area contributed by atoms with Crippen LogP contribution in [-0.4, -0.2) is 12.5 Å². The summed E-state index contributed by atoms with van der Waals surface area (Å²) >= 11 is 0. The van der Waals surface area contributed by atoms with E-state index in [1.165, 1.54) is 24.0 Å². The Hall–Kier alpha value is -1.31. The highest BCUT2D eigenvalue weighted by atomic mass is 16.2. The molecule has 1 saturated carbocycles. The van der Waals surface area contributed by atoms with Crippen molar-refractivity contribution in [1.29, 1.82) is 0 Å². The smallest absolute Gasteiger partial charge is 0.226 e. The lowest BCUT2D eigenvalue weighted by Gasteiger charge is -2.28. The fraction of sp³-hybridized carbons (Fsp3) is 0.533. The molecule has 1 amide bonds. The van der Waals surface area contributed by atoms with Crippen LogP contribution in [0.1, 0.15) is 42.7 Å². The highest BCUT2D eigenvalue weighted by Gasteiger charge is 2.51. The average Bonchev–Trinajstić information content (AvgIpc) is 2.90. The predicted octanol–water partition coefficient (Wildman–Crippen LogP) is 2.77. The number of benzene rings is 1. The van der Waals surface area contributed by atoms with E-state index in [4.69, 9.17) is 0 Å². The summed E-state index contributed by atoms with van der Waals surface area (Å²) < 4.78 is 0. The highest BCUT2D eigenvalue weighted by molar-refractivity contribution is 5.86. The lowest BCUT2D eigenvalue weighted by atomic mass is 9.72. The topological polar surface area (TPSA) is 29.1 Å². The van der Waals surface area contributed by atoms with E-state index in [2.05, 4.69) is 36.5 Å². The zero-order chi connectivity index (χ0) is 11.9. The van der Waals surface area contributed by atoms with Gasteiger partial charge in [0.1, 0.15) is 0 Å². The van der Waals surface area contributed by atoms with Gasteiger partial charge in [0.2, 0.25) is 5.91 Å². The SMILES string of the molecule is Cc1cccc([C@@H]2CNC(=O)C23CCCC3)c1. The molecule has 2 heteroatoms. The van der Waals surface area contributed by atoms with E-state index in [-0.39, 0.29) is 5.41 Å². The van der Waals surface area contributed by atoms with E-state index in [1.807, 2.05) is 0 Å². The summed E-state index contributed by atoms with van der Waals surface area (Å²) in [5, 5.41) is 3.08. The van der Waals surface area contributed by atoms with E-state index in [0.717, 1.165) is 19.4 Å². The van der Waals surface area contributed by atoms with E-state index in [9.17, 15) is 4.79 Å². The number of hydrogen-bond acceptors (Lipinski definition) is 1. The number of carbonyl (C=O) groups excluding carboxylic acids is 1. The molecule has 0 bridgehead atoms. The Labute approximate surface area is 102 Å². The van der Waals surface area contributed by atoms with Crippen LogP contribution in [0, 0.1) is 12.3 Å². The van der Waals surface area contributed by atoms with Gasteiger partial charge in [0.05, 0.1) is 5.41 Å². The van der Waals surface area contributed by atoms with Crippen molar-refractivity contribution in [2.24, 2.45) is 5.41 Å². The van der Waals surface area contributed by atoms with Crippen LogP contribution in [0.2, 0.25) is 0 Å². The molecule has 1 aromatic rings. The number of aryl methyl sites for hydroxylation is 1. The third-order valence-corrected chi connectivity index (χ3v) is 4.53. The monoisotopic (exact) mass is 229 g/mol. The van der Waals surface area contributed by atoms with E-state index in [1.54, 1.807) is 0 Å². The van der Waals surface area contributed by atoms with Crippen molar-refractivity contribution in [3.05, 3.63) is 35.4 Å². The Bertz CT molecular complexity index is 446. The van der Waals surface area contributed by atoms with Gasteiger partial charge in [-0.3, -0.25) is 4.79 Å². The summed E-state index contributed by atoms with van der Waals surface area (Å²) in [4.78, 5) is 12.2. The quantitative estimate of drug-likeness (QED) is 0.788. The van der Waals surface area contributed by atoms with Crippen LogP contribution in [0.25, 0.3) is 0 Å². The summed E-state index contributed by atoms with van der Waals surface area (Å²) in [6, 6.07) is 8.65. The van der Waals surface area contributed by atoms with Crippen molar-refractivity contribution in [2.45, 2.75) is 38.5 Å². The van der Waals surface area contributed by atoms with Crippen molar-refractivity contribution in [3.8, 4) is 0 Å². The van der Waals surface area contributed by atoms with Gasteiger partial charge in [0.25, 0.3) is 0 Å².